The number of aromatic nitrogens is 5. The normalized spacial score (nSPS) is 14.5. The van der Waals surface area contributed by atoms with Crippen molar-refractivity contribution in [2.45, 2.75) is 12.2 Å². The Kier molecular flexibility index (Phi) is 4.19. The van der Waals surface area contributed by atoms with Gasteiger partial charge in [-0.2, -0.15) is 17.7 Å². The average Bonchev–Trinajstić information content (AvgIpc) is 2.85. The lowest BCUT2D eigenvalue weighted by atomic mass is 10.3. The van der Waals surface area contributed by atoms with Crippen LogP contribution in [-0.2, 0) is 10.0 Å². The van der Waals surface area contributed by atoms with Crippen LogP contribution < -0.4 is 5.32 Å². The molecule has 2 aromatic rings. The standard InChI is InChI=1S/C9H12F3N7O2S/c1-18(2)22(20,21)5-6(9(10,11)12)14-7-8-15-16-17-19(8)4-3-13-7/h3-4,6H,5H2,1-2H3,(H,13,14). The Labute approximate surface area is 123 Å². The molecule has 0 aliphatic heterocycles. The molecule has 22 heavy (non-hydrogen) atoms. The number of hydrogen-bond acceptors (Lipinski definition) is 7. The van der Waals surface area contributed by atoms with Gasteiger partial charge in [0.25, 0.3) is 0 Å². The molecule has 9 nitrogen and oxygen atoms in total. The summed E-state index contributed by atoms with van der Waals surface area (Å²) in [5.74, 6) is -1.43. The molecule has 0 bridgehead atoms. The average molecular weight is 339 g/mol. The molecule has 2 aromatic heterocycles. The summed E-state index contributed by atoms with van der Waals surface area (Å²) in [5, 5.41) is 12.4. The summed E-state index contributed by atoms with van der Waals surface area (Å²) in [6, 6.07) is -2.35. The van der Waals surface area contributed by atoms with Crippen LogP contribution in [0.5, 0.6) is 0 Å². The molecule has 1 N–H and O–H groups in total. The Morgan fingerprint density at radius 1 is 1.41 bits per heavy atom. The van der Waals surface area contributed by atoms with Crippen molar-refractivity contribution in [2.24, 2.45) is 0 Å². The van der Waals surface area contributed by atoms with E-state index in [1.807, 2.05) is 0 Å². The monoisotopic (exact) mass is 339 g/mol. The van der Waals surface area contributed by atoms with Crippen molar-refractivity contribution in [1.82, 2.24) is 29.3 Å². The minimum Gasteiger partial charge on any atom is -0.355 e. The van der Waals surface area contributed by atoms with E-state index in [9.17, 15) is 21.6 Å². The third-order valence-corrected chi connectivity index (χ3v) is 4.62. The molecule has 2 heterocycles. The SMILES string of the molecule is CN(C)S(=O)(=O)CC(Nc1nccn2nnnc12)C(F)(F)F. The van der Waals surface area contributed by atoms with Gasteiger partial charge in [0.1, 0.15) is 6.04 Å². The Hall–Kier alpha value is -2.02. The van der Waals surface area contributed by atoms with Crippen LogP contribution in [0, 0.1) is 0 Å². The quantitative estimate of drug-likeness (QED) is 0.801. The van der Waals surface area contributed by atoms with E-state index in [0.29, 0.717) is 0 Å². The van der Waals surface area contributed by atoms with Gasteiger partial charge in [-0.15, -0.1) is 5.10 Å². The molecule has 0 aliphatic rings. The lowest BCUT2D eigenvalue weighted by Crippen LogP contribution is -2.44. The smallest absolute Gasteiger partial charge is 0.355 e. The molecular formula is C9H12F3N7O2S. The third-order valence-electron chi connectivity index (χ3n) is 2.76. The van der Waals surface area contributed by atoms with E-state index in [0.717, 1.165) is 22.9 Å². The minimum absolute atomic E-state index is 0.0426. The van der Waals surface area contributed by atoms with E-state index in [-0.39, 0.29) is 11.5 Å². The topological polar surface area (TPSA) is 105 Å². The molecule has 1 atom stereocenters. The van der Waals surface area contributed by atoms with Crippen molar-refractivity contribution in [3.05, 3.63) is 12.4 Å². The van der Waals surface area contributed by atoms with Gasteiger partial charge in [0.05, 0.1) is 11.9 Å². The van der Waals surface area contributed by atoms with Gasteiger partial charge in [-0.3, -0.25) is 0 Å². The summed E-state index contributed by atoms with van der Waals surface area (Å²) < 4.78 is 64.5. The van der Waals surface area contributed by atoms with E-state index in [1.165, 1.54) is 12.4 Å². The van der Waals surface area contributed by atoms with Crippen molar-refractivity contribution in [3.63, 3.8) is 0 Å². The first-order chi connectivity index (χ1) is 10.1. The molecule has 0 aliphatic carbocycles. The van der Waals surface area contributed by atoms with Gasteiger partial charge in [-0.1, -0.05) is 0 Å². The molecule has 1 unspecified atom stereocenters. The number of sulfonamides is 1. The second kappa shape index (κ2) is 5.64. The van der Waals surface area contributed by atoms with Gasteiger partial charge in [0.2, 0.25) is 15.7 Å². The summed E-state index contributed by atoms with van der Waals surface area (Å²) in [7, 11) is -1.76. The van der Waals surface area contributed by atoms with E-state index in [2.05, 4.69) is 25.8 Å². The third kappa shape index (κ3) is 3.41. The van der Waals surface area contributed by atoms with Gasteiger partial charge in [0, 0.05) is 20.3 Å². The van der Waals surface area contributed by atoms with Crippen molar-refractivity contribution < 1.29 is 21.6 Å². The number of rotatable bonds is 5. The summed E-state index contributed by atoms with van der Waals surface area (Å²) in [6.45, 7) is 0. The van der Waals surface area contributed by atoms with Crippen molar-refractivity contribution in [2.75, 3.05) is 25.2 Å². The number of hydrogen-bond donors (Lipinski definition) is 1. The highest BCUT2D eigenvalue weighted by Gasteiger charge is 2.43. The molecule has 13 heteroatoms. The number of nitrogens with zero attached hydrogens (tertiary/aromatic N) is 6. The Bertz CT molecular complexity index is 758. The minimum atomic E-state index is -4.80. The van der Waals surface area contributed by atoms with Crippen LogP contribution in [0.15, 0.2) is 12.4 Å². The maximum absolute atomic E-state index is 13.1. The largest absolute Gasteiger partial charge is 0.409 e. The van der Waals surface area contributed by atoms with Gasteiger partial charge < -0.3 is 5.32 Å². The molecule has 0 spiro atoms. The van der Waals surface area contributed by atoms with Gasteiger partial charge in [-0.25, -0.2) is 17.7 Å². The maximum Gasteiger partial charge on any atom is 0.409 e. The molecule has 0 fully saturated rings. The molecule has 0 saturated heterocycles. The lowest BCUT2D eigenvalue weighted by molar-refractivity contribution is -0.137. The molecule has 0 radical (unpaired) electrons. The van der Waals surface area contributed by atoms with E-state index < -0.39 is 28.0 Å². The van der Waals surface area contributed by atoms with Gasteiger partial charge in [0.15, 0.2) is 5.82 Å². The first kappa shape index (κ1) is 16.4. The first-order valence-electron chi connectivity index (χ1n) is 5.87. The van der Waals surface area contributed by atoms with Crippen LogP contribution in [0.25, 0.3) is 5.65 Å². The molecule has 122 valence electrons. The number of fused-ring (bicyclic) bond motifs is 1. The van der Waals surface area contributed by atoms with E-state index in [1.54, 1.807) is 0 Å². The van der Waals surface area contributed by atoms with Crippen LogP contribution >= 0.6 is 0 Å². The number of tetrazole rings is 1. The second-order valence-corrected chi connectivity index (χ2v) is 6.75. The Morgan fingerprint density at radius 2 is 2.09 bits per heavy atom. The van der Waals surface area contributed by atoms with Gasteiger partial charge >= 0.3 is 6.18 Å². The zero-order valence-electron chi connectivity index (χ0n) is 11.5. The van der Waals surface area contributed by atoms with Crippen molar-refractivity contribution >= 4 is 21.5 Å². The van der Waals surface area contributed by atoms with Crippen LogP contribution in [0.3, 0.4) is 0 Å². The lowest BCUT2D eigenvalue weighted by Gasteiger charge is -2.23. The fourth-order valence-corrected chi connectivity index (χ4v) is 2.51. The number of halogens is 3. The number of nitrogens with one attached hydrogen (secondary N) is 1. The highest BCUT2D eigenvalue weighted by Crippen LogP contribution is 2.25. The second-order valence-electron chi connectivity index (χ2n) is 4.52. The molecule has 0 saturated carbocycles. The Balaban J connectivity index is 2.34. The fraction of sp³-hybridized carbons (Fsp3) is 0.556. The summed E-state index contributed by atoms with van der Waals surface area (Å²) in [6.07, 6.45) is -2.26. The highest BCUT2D eigenvalue weighted by molar-refractivity contribution is 7.89. The zero-order chi connectivity index (χ0) is 16.5. The fourth-order valence-electron chi connectivity index (χ4n) is 1.52. The first-order valence-corrected chi connectivity index (χ1v) is 7.48. The molecule has 0 aromatic carbocycles. The molecular weight excluding hydrogens is 327 g/mol. The number of alkyl halides is 3. The van der Waals surface area contributed by atoms with Crippen molar-refractivity contribution in [3.8, 4) is 0 Å². The summed E-state index contributed by atoms with van der Waals surface area (Å²) in [5.41, 5.74) is -0.0426. The predicted molar refractivity (Wildman–Crippen MR) is 69.5 cm³/mol. The van der Waals surface area contributed by atoms with Crippen LogP contribution in [0.2, 0.25) is 0 Å². The Morgan fingerprint density at radius 3 is 2.68 bits per heavy atom. The van der Waals surface area contributed by atoms with Crippen LogP contribution in [-0.4, -0.2) is 69.8 Å². The summed E-state index contributed by atoms with van der Waals surface area (Å²) in [4.78, 5) is 3.72. The van der Waals surface area contributed by atoms with Crippen LogP contribution in [0.4, 0.5) is 19.0 Å². The van der Waals surface area contributed by atoms with E-state index >= 15 is 0 Å². The molecule has 0 amide bonds. The maximum atomic E-state index is 13.1. The van der Waals surface area contributed by atoms with Gasteiger partial charge in [-0.05, 0) is 10.4 Å². The zero-order valence-corrected chi connectivity index (χ0v) is 12.3. The van der Waals surface area contributed by atoms with Crippen LogP contribution in [0.1, 0.15) is 0 Å². The highest BCUT2D eigenvalue weighted by atomic mass is 32.2. The van der Waals surface area contributed by atoms with E-state index in [4.69, 9.17) is 0 Å². The van der Waals surface area contributed by atoms with Crippen molar-refractivity contribution in [1.29, 1.82) is 0 Å². The molecule has 2 rings (SSSR count). The predicted octanol–water partition coefficient (Wildman–Crippen LogP) is -0.246. The number of anilines is 1. The summed E-state index contributed by atoms with van der Waals surface area (Å²) >= 11 is 0.